The lowest BCUT2D eigenvalue weighted by molar-refractivity contribution is -0.118. The summed E-state index contributed by atoms with van der Waals surface area (Å²) in [6.45, 7) is 1.87. The maximum Gasteiger partial charge on any atom is 0.247 e. The number of halogens is 1. The summed E-state index contributed by atoms with van der Waals surface area (Å²) < 4.78 is 7.05. The second-order valence-corrected chi connectivity index (χ2v) is 5.76. The Kier molecular flexibility index (Phi) is 4.26. The third kappa shape index (κ3) is 3.17. The number of methoxy groups -OCH3 is 1. The number of benzene rings is 2. The molecule has 0 saturated carbocycles. The van der Waals surface area contributed by atoms with Gasteiger partial charge in [-0.1, -0.05) is 11.6 Å². The molecule has 3 aromatic rings. The molecule has 4 nitrogen and oxygen atoms in total. The molecule has 1 N–H and O–H groups in total. The lowest BCUT2D eigenvalue weighted by Crippen LogP contribution is -2.23. The van der Waals surface area contributed by atoms with E-state index in [-0.39, 0.29) is 11.9 Å². The first-order chi connectivity index (χ1) is 11.1. The lowest BCUT2D eigenvalue weighted by Gasteiger charge is -2.15. The number of carbonyl (C=O) groups is 1. The van der Waals surface area contributed by atoms with Crippen molar-refractivity contribution < 1.29 is 9.53 Å². The first-order valence-corrected chi connectivity index (χ1v) is 7.67. The van der Waals surface area contributed by atoms with Crippen LogP contribution in [0.25, 0.3) is 10.9 Å². The molecular weight excluding hydrogens is 312 g/mol. The summed E-state index contributed by atoms with van der Waals surface area (Å²) in [6.07, 6.45) is 1.90. The summed E-state index contributed by atoms with van der Waals surface area (Å²) in [5.41, 5.74) is 1.72. The summed E-state index contributed by atoms with van der Waals surface area (Å²) >= 11 is 6.00. The number of aromatic nitrogens is 1. The van der Waals surface area contributed by atoms with E-state index in [0.29, 0.717) is 5.02 Å². The highest BCUT2D eigenvalue weighted by Crippen LogP contribution is 2.24. The molecule has 23 heavy (non-hydrogen) atoms. The number of amides is 1. The quantitative estimate of drug-likeness (QED) is 0.766. The normalized spacial score (nSPS) is 12.1. The molecule has 3 rings (SSSR count). The number of nitrogens with one attached hydrogen (secondary N) is 1. The second kappa shape index (κ2) is 6.34. The standard InChI is InChI=1S/C18H17ClN2O2/c1-12(18(22)20-15-4-6-16(23-2)7-5-15)21-10-9-13-11-14(19)3-8-17(13)21/h3-12H,1-2H3,(H,20,22). The molecule has 1 atom stereocenters. The van der Waals surface area contributed by atoms with Gasteiger partial charge in [0, 0.05) is 27.8 Å². The molecule has 0 saturated heterocycles. The molecule has 0 spiro atoms. The molecule has 1 amide bonds. The molecule has 5 heteroatoms. The smallest absolute Gasteiger partial charge is 0.247 e. The van der Waals surface area contributed by atoms with Gasteiger partial charge >= 0.3 is 0 Å². The summed E-state index contributed by atoms with van der Waals surface area (Å²) in [6, 6.07) is 14.5. The van der Waals surface area contributed by atoms with Crippen LogP contribution in [0.4, 0.5) is 5.69 Å². The monoisotopic (exact) mass is 328 g/mol. The number of anilines is 1. The molecule has 1 aromatic heterocycles. The summed E-state index contributed by atoms with van der Waals surface area (Å²) in [7, 11) is 1.61. The van der Waals surface area contributed by atoms with E-state index in [4.69, 9.17) is 16.3 Å². The number of ether oxygens (including phenoxy) is 1. The second-order valence-electron chi connectivity index (χ2n) is 5.32. The Morgan fingerprint density at radius 2 is 1.91 bits per heavy atom. The summed E-state index contributed by atoms with van der Waals surface area (Å²) in [5.74, 6) is 0.673. The summed E-state index contributed by atoms with van der Waals surface area (Å²) in [4.78, 5) is 12.5. The molecule has 118 valence electrons. The van der Waals surface area contributed by atoms with Crippen LogP contribution in [0.1, 0.15) is 13.0 Å². The molecular formula is C18H17ClN2O2. The van der Waals surface area contributed by atoms with Gasteiger partial charge < -0.3 is 14.6 Å². The average Bonchev–Trinajstić information content (AvgIpc) is 2.97. The van der Waals surface area contributed by atoms with Crippen molar-refractivity contribution in [2.24, 2.45) is 0 Å². The van der Waals surface area contributed by atoms with Gasteiger partial charge in [0.15, 0.2) is 0 Å². The van der Waals surface area contributed by atoms with E-state index in [1.807, 2.05) is 66.2 Å². The van der Waals surface area contributed by atoms with E-state index in [9.17, 15) is 4.79 Å². The first kappa shape index (κ1) is 15.4. The average molecular weight is 329 g/mol. The van der Waals surface area contributed by atoms with E-state index in [1.165, 1.54) is 0 Å². The van der Waals surface area contributed by atoms with Gasteiger partial charge in [-0.2, -0.15) is 0 Å². The fourth-order valence-corrected chi connectivity index (χ4v) is 2.70. The van der Waals surface area contributed by atoms with Crippen molar-refractivity contribution in [1.29, 1.82) is 0 Å². The number of carbonyl (C=O) groups excluding carboxylic acids is 1. The molecule has 0 bridgehead atoms. The highest BCUT2D eigenvalue weighted by Gasteiger charge is 2.16. The van der Waals surface area contributed by atoms with Crippen LogP contribution in [0, 0.1) is 0 Å². The van der Waals surface area contributed by atoms with Crippen LogP contribution in [0.2, 0.25) is 5.02 Å². The zero-order chi connectivity index (χ0) is 16.4. The number of rotatable bonds is 4. The largest absolute Gasteiger partial charge is 0.497 e. The number of fused-ring (bicyclic) bond motifs is 1. The van der Waals surface area contributed by atoms with Crippen LogP contribution in [0.3, 0.4) is 0 Å². The molecule has 2 aromatic carbocycles. The van der Waals surface area contributed by atoms with Crippen molar-refractivity contribution in [2.45, 2.75) is 13.0 Å². The topological polar surface area (TPSA) is 43.3 Å². The van der Waals surface area contributed by atoms with E-state index >= 15 is 0 Å². The third-order valence-electron chi connectivity index (χ3n) is 3.84. The van der Waals surface area contributed by atoms with E-state index < -0.39 is 0 Å². The van der Waals surface area contributed by atoms with Crippen LogP contribution >= 0.6 is 11.6 Å². The van der Waals surface area contributed by atoms with Crippen molar-refractivity contribution in [3.05, 3.63) is 59.8 Å². The third-order valence-corrected chi connectivity index (χ3v) is 4.07. The Balaban J connectivity index is 1.80. The predicted molar refractivity (Wildman–Crippen MR) is 93.3 cm³/mol. The van der Waals surface area contributed by atoms with Gasteiger partial charge in [-0.15, -0.1) is 0 Å². The minimum Gasteiger partial charge on any atom is -0.497 e. The van der Waals surface area contributed by atoms with Crippen LogP contribution in [-0.4, -0.2) is 17.6 Å². The number of nitrogens with zero attached hydrogens (tertiary/aromatic N) is 1. The molecule has 0 aliphatic heterocycles. The van der Waals surface area contributed by atoms with Gasteiger partial charge in [0.05, 0.1) is 7.11 Å². The lowest BCUT2D eigenvalue weighted by atomic mass is 10.2. The first-order valence-electron chi connectivity index (χ1n) is 7.29. The van der Waals surface area contributed by atoms with Gasteiger partial charge in [0.25, 0.3) is 0 Å². The van der Waals surface area contributed by atoms with Crippen molar-refractivity contribution >= 4 is 34.1 Å². The molecule has 0 fully saturated rings. The minimum atomic E-state index is -0.337. The SMILES string of the molecule is COc1ccc(NC(=O)C(C)n2ccc3cc(Cl)ccc32)cc1. The Labute approximate surface area is 139 Å². The predicted octanol–water partition coefficient (Wildman–Crippen LogP) is 4.50. The van der Waals surface area contributed by atoms with Crippen LogP contribution in [0.15, 0.2) is 54.7 Å². The van der Waals surface area contributed by atoms with Gasteiger partial charge in [-0.05, 0) is 55.5 Å². The van der Waals surface area contributed by atoms with Crippen LogP contribution in [-0.2, 0) is 4.79 Å². The molecule has 0 aliphatic rings. The molecule has 1 unspecified atom stereocenters. The Hall–Kier alpha value is -2.46. The van der Waals surface area contributed by atoms with Crippen LogP contribution in [0.5, 0.6) is 5.75 Å². The summed E-state index contributed by atoms with van der Waals surface area (Å²) in [5, 5.41) is 4.62. The van der Waals surface area contributed by atoms with Crippen molar-refractivity contribution in [3.63, 3.8) is 0 Å². The van der Waals surface area contributed by atoms with Gasteiger partial charge in [-0.3, -0.25) is 4.79 Å². The Morgan fingerprint density at radius 1 is 1.17 bits per heavy atom. The number of hydrogen-bond donors (Lipinski definition) is 1. The van der Waals surface area contributed by atoms with E-state index in [1.54, 1.807) is 7.11 Å². The van der Waals surface area contributed by atoms with Gasteiger partial charge in [-0.25, -0.2) is 0 Å². The number of hydrogen-bond acceptors (Lipinski definition) is 2. The van der Waals surface area contributed by atoms with Crippen molar-refractivity contribution in [3.8, 4) is 5.75 Å². The highest BCUT2D eigenvalue weighted by molar-refractivity contribution is 6.31. The van der Waals surface area contributed by atoms with Crippen molar-refractivity contribution in [2.75, 3.05) is 12.4 Å². The van der Waals surface area contributed by atoms with Crippen LogP contribution < -0.4 is 10.1 Å². The fourth-order valence-electron chi connectivity index (χ4n) is 2.52. The molecule has 0 aliphatic carbocycles. The van der Waals surface area contributed by atoms with E-state index in [0.717, 1.165) is 22.3 Å². The van der Waals surface area contributed by atoms with Crippen molar-refractivity contribution in [1.82, 2.24) is 4.57 Å². The maximum atomic E-state index is 12.5. The zero-order valence-electron chi connectivity index (χ0n) is 12.9. The van der Waals surface area contributed by atoms with Gasteiger partial charge in [0.1, 0.15) is 11.8 Å². The Bertz CT molecular complexity index is 840. The maximum absolute atomic E-state index is 12.5. The van der Waals surface area contributed by atoms with Gasteiger partial charge in [0.2, 0.25) is 5.91 Å². The zero-order valence-corrected chi connectivity index (χ0v) is 13.7. The molecule has 0 radical (unpaired) electrons. The minimum absolute atomic E-state index is 0.0809. The fraction of sp³-hybridized carbons (Fsp3) is 0.167. The molecule has 1 heterocycles. The van der Waals surface area contributed by atoms with E-state index in [2.05, 4.69) is 5.32 Å². The highest BCUT2D eigenvalue weighted by atomic mass is 35.5. The Morgan fingerprint density at radius 3 is 2.61 bits per heavy atom.